The van der Waals surface area contributed by atoms with Crippen molar-refractivity contribution in [1.29, 1.82) is 0 Å². The third kappa shape index (κ3) is 15.7. The van der Waals surface area contributed by atoms with Gasteiger partial charge < -0.3 is 30.5 Å². The van der Waals surface area contributed by atoms with E-state index in [-0.39, 0.29) is 12.2 Å². The number of ketones is 1. The number of carbonyl (C=O) groups excluding carboxylic acids is 2. The molecule has 0 heterocycles. The van der Waals surface area contributed by atoms with Gasteiger partial charge in [-0.2, -0.15) is 0 Å². The molecular weight excluding hydrogens is 582 g/mol. The zero-order chi connectivity index (χ0) is 33.8. The van der Waals surface area contributed by atoms with Gasteiger partial charge in [-0.25, -0.2) is 9.59 Å². The van der Waals surface area contributed by atoms with Gasteiger partial charge in [-0.3, -0.25) is 14.4 Å². The van der Waals surface area contributed by atoms with Crippen LogP contribution in [0.2, 0.25) is 0 Å². The van der Waals surface area contributed by atoms with Crippen molar-refractivity contribution in [2.24, 2.45) is 11.8 Å². The molecule has 0 unspecified atom stereocenters. The summed E-state index contributed by atoms with van der Waals surface area (Å²) in [5.41, 5.74) is -2.45. The maximum atomic E-state index is 13.3. The number of amides is 1. The SMILES string of the molecule is CCCCCC(=O)CCCCCCC=C[C@H](C(=O)N[C@@H](Cc1ccc(OCCC(C)C)cc1)C(=O)O)[C@@](O)(CC(=O)O)C(=O)O. The summed E-state index contributed by atoms with van der Waals surface area (Å²) in [4.78, 5) is 60.7. The van der Waals surface area contributed by atoms with Crippen LogP contribution in [0.25, 0.3) is 0 Å². The predicted octanol–water partition coefficient (Wildman–Crippen LogP) is 5.18. The Balaban J connectivity index is 2.89. The van der Waals surface area contributed by atoms with Crippen LogP contribution in [0.5, 0.6) is 5.75 Å². The smallest absolute Gasteiger partial charge is 0.337 e. The van der Waals surface area contributed by atoms with E-state index < -0.39 is 47.8 Å². The first kappa shape index (κ1) is 39.3. The normalized spacial score (nSPS) is 14.1. The van der Waals surface area contributed by atoms with Crippen LogP contribution in [-0.4, -0.2) is 68.3 Å². The monoisotopic (exact) mass is 633 g/mol. The molecule has 0 aliphatic rings. The number of carboxylic acid groups (broad SMARTS) is 3. The number of hydrogen-bond donors (Lipinski definition) is 5. The lowest BCUT2D eigenvalue weighted by Crippen LogP contribution is -2.55. The maximum absolute atomic E-state index is 13.3. The van der Waals surface area contributed by atoms with Gasteiger partial charge in [-0.1, -0.05) is 70.7 Å². The number of aliphatic hydroxyl groups is 1. The van der Waals surface area contributed by atoms with Gasteiger partial charge in [0.05, 0.1) is 18.9 Å². The third-order valence-corrected chi connectivity index (χ3v) is 7.49. The van der Waals surface area contributed by atoms with Crippen LogP contribution in [0.15, 0.2) is 36.4 Å². The molecule has 11 heteroatoms. The van der Waals surface area contributed by atoms with Crippen molar-refractivity contribution >= 4 is 29.6 Å². The first-order chi connectivity index (χ1) is 21.3. The van der Waals surface area contributed by atoms with Crippen molar-refractivity contribution in [3.8, 4) is 5.75 Å². The van der Waals surface area contributed by atoms with Crippen LogP contribution >= 0.6 is 0 Å². The fraction of sp³-hybridized carbons (Fsp3) is 0.618. The first-order valence-electron chi connectivity index (χ1n) is 15.9. The second-order valence-corrected chi connectivity index (χ2v) is 11.9. The molecule has 0 aromatic heterocycles. The van der Waals surface area contributed by atoms with Gasteiger partial charge in [0.1, 0.15) is 17.6 Å². The Labute approximate surface area is 266 Å². The lowest BCUT2D eigenvalue weighted by Gasteiger charge is -2.29. The van der Waals surface area contributed by atoms with Gasteiger partial charge in [0.2, 0.25) is 5.91 Å². The number of rotatable bonds is 25. The van der Waals surface area contributed by atoms with Crippen LogP contribution in [0.1, 0.15) is 103 Å². The molecule has 0 aliphatic carbocycles. The van der Waals surface area contributed by atoms with Gasteiger partial charge in [0.15, 0.2) is 5.60 Å². The lowest BCUT2D eigenvalue weighted by atomic mass is 9.82. The van der Waals surface area contributed by atoms with Crippen LogP contribution in [0.3, 0.4) is 0 Å². The summed E-state index contributed by atoms with van der Waals surface area (Å²) in [5.74, 6) is -6.60. The highest BCUT2D eigenvalue weighted by Crippen LogP contribution is 2.26. The van der Waals surface area contributed by atoms with Crippen molar-refractivity contribution in [1.82, 2.24) is 5.32 Å². The quantitative estimate of drug-likeness (QED) is 0.0709. The zero-order valence-corrected chi connectivity index (χ0v) is 26.8. The van der Waals surface area contributed by atoms with Crippen molar-refractivity contribution in [2.45, 2.75) is 116 Å². The fourth-order valence-electron chi connectivity index (χ4n) is 4.71. The molecule has 1 amide bonds. The Hall–Kier alpha value is -3.73. The molecule has 252 valence electrons. The molecule has 0 aliphatic heterocycles. The van der Waals surface area contributed by atoms with E-state index in [1.165, 1.54) is 6.08 Å². The number of aliphatic carboxylic acids is 3. The highest BCUT2D eigenvalue weighted by atomic mass is 16.5. The lowest BCUT2D eigenvalue weighted by molar-refractivity contribution is -0.172. The minimum atomic E-state index is -3.01. The average Bonchev–Trinajstić information content (AvgIpc) is 2.96. The van der Waals surface area contributed by atoms with Gasteiger partial charge >= 0.3 is 17.9 Å². The van der Waals surface area contributed by atoms with Crippen molar-refractivity contribution in [2.75, 3.05) is 6.61 Å². The summed E-state index contributed by atoms with van der Waals surface area (Å²) < 4.78 is 5.67. The molecule has 3 atom stereocenters. The minimum Gasteiger partial charge on any atom is -0.494 e. The number of allylic oxidation sites excluding steroid dienone is 1. The molecule has 0 spiro atoms. The van der Waals surface area contributed by atoms with E-state index in [4.69, 9.17) is 4.74 Å². The Kier molecular flexibility index (Phi) is 18.4. The Bertz CT molecular complexity index is 1110. The number of ether oxygens (including phenoxy) is 1. The van der Waals surface area contributed by atoms with E-state index in [0.29, 0.717) is 49.5 Å². The van der Waals surface area contributed by atoms with Crippen molar-refractivity contribution in [3.05, 3.63) is 42.0 Å². The molecule has 5 N–H and O–H groups in total. The maximum Gasteiger partial charge on any atom is 0.337 e. The molecule has 1 rings (SSSR count). The molecule has 0 bridgehead atoms. The van der Waals surface area contributed by atoms with Crippen LogP contribution in [0.4, 0.5) is 0 Å². The first-order valence-corrected chi connectivity index (χ1v) is 15.9. The van der Waals surface area contributed by atoms with Crippen LogP contribution in [0, 0.1) is 11.8 Å². The summed E-state index contributed by atoms with van der Waals surface area (Å²) in [7, 11) is 0. The largest absolute Gasteiger partial charge is 0.494 e. The van der Waals surface area contributed by atoms with E-state index >= 15 is 0 Å². The highest BCUT2D eigenvalue weighted by molar-refractivity contribution is 5.94. The number of carboxylic acids is 3. The fourth-order valence-corrected chi connectivity index (χ4v) is 4.71. The molecule has 1 aromatic carbocycles. The number of nitrogens with one attached hydrogen (secondary N) is 1. The molecule has 0 saturated carbocycles. The summed E-state index contributed by atoms with van der Waals surface area (Å²) in [6, 6.07) is 5.20. The molecule has 0 radical (unpaired) electrons. The van der Waals surface area contributed by atoms with Crippen LogP contribution < -0.4 is 10.1 Å². The minimum absolute atomic E-state index is 0.144. The zero-order valence-electron chi connectivity index (χ0n) is 26.8. The summed E-state index contributed by atoms with van der Waals surface area (Å²) >= 11 is 0. The van der Waals surface area contributed by atoms with Crippen molar-refractivity contribution in [3.63, 3.8) is 0 Å². The van der Waals surface area contributed by atoms with Gasteiger partial charge in [-0.05, 0) is 55.7 Å². The second-order valence-electron chi connectivity index (χ2n) is 11.9. The van der Waals surface area contributed by atoms with Gasteiger partial charge in [0.25, 0.3) is 0 Å². The molecule has 1 aromatic rings. The molecule has 0 saturated heterocycles. The summed E-state index contributed by atoms with van der Waals surface area (Å²) in [5, 5.41) is 42.0. The van der Waals surface area contributed by atoms with Gasteiger partial charge in [-0.15, -0.1) is 0 Å². The number of benzene rings is 1. The van der Waals surface area contributed by atoms with E-state index in [1.807, 2.05) is 0 Å². The highest BCUT2D eigenvalue weighted by Gasteiger charge is 2.49. The molecule has 45 heavy (non-hydrogen) atoms. The molecular formula is C34H51NO10. The average molecular weight is 634 g/mol. The Morgan fingerprint density at radius 1 is 0.911 bits per heavy atom. The standard InChI is InChI=1S/C34H51NO10/c1-4-5-10-13-26(36)14-11-8-6-7-9-12-15-28(34(44,33(42)43)23-30(37)38)31(39)35-29(32(40)41)22-25-16-18-27(19-17-25)45-21-20-24(2)3/h12,15-19,24,28-29,44H,4-11,13-14,20-23H2,1-3H3,(H,35,39)(H,37,38)(H,40,41)(H,42,43)/t28-,29+,34+/m1/s1. The number of unbranched alkanes of at least 4 members (excludes halogenated alkanes) is 6. The van der Waals surface area contributed by atoms with Gasteiger partial charge in [0, 0.05) is 19.3 Å². The summed E-state index contributed by atoms with van der Waals surface area (Å²) in [6.45, 7) is 6.77. The summed E-state index contributed by atoms with van der Waals surface area (Å²) in [6.07, 6.45) is 9.66. The topological polar surface area (TPSA) is 188 Å². The molecule has 0 fully saturated rings. The number of hydrogen-bond acceptors (Lipinski definition) is 7. The van der Waals surface area contributed by atoms with E-state index in [9.17, 15) is 44.4 Å². The van der Waals surface area contributed by atoms with Crippen molar-refractivity contribution < 1.29 is 49.1 Å². The predicted molar refractivity (Wildman–Crippen MR) is 169 cm³/mol. The van der Waals surface area contributed by atoms with E-state index in [0.717, 1.165) is 51.0 Å². The Morgan fingerprint density at radius 3 is 2.09 bits per heavy atom. The third-order valence-electron chi connectivity index (χ3n) is 7.49. The number of carbonyl (C=O) groups is 5. The Morgan fingerprint density at radius 2 is 1.53 bits per heavy atom. The van der Waals surface area contributed by atoms with E-state index in [2.05, 4.69) is 26.1 Å². The molecule has 11 nitrogen and oxygen atoms in total. The van der Waals surface area contributed by atoms with Crippen LogP contribution in [-0.2, 0) is 30.4 Å². The second kappa shape index (κ2) is 21.1. The van der Waals surface area contributed by atoms with E-state index in [1.54, 1.807) is 24.3 Å². The number of Topliss-reactive ketones (excluding diaryl/α,β-unsaturated/α-hetero) is 1.